The lowest BCUT2D eigenvalue weighted by Crippen LogP contribution is -2.19. The van der Waals surface area contributed by atoms with Crippen LogP contribution in [0.5, 0.6) is 0 Å². The fourth-order valence-corrected chi connectivity index (χ4v) is 3.76. The van der Waals surface area contributed by atoms with E-state index < -0.39 is 23.1 Å². The van der Waals surface area contributed by atoms with Gasteiger partial charge in [-0.25, -0.2) is 27.5 Å². The maximum absolute atomic E-state index is 13.7. The first kappa shape index (κ1) is 30.2. The van der Waals surface area contributed by atoms with Gasteiger partial charge in [-0.1, -0.05) is 52.6 Å². The number of hydrogen-bond acceptors (Lipinski definition) is 8. The second-order valence-electron chi connectivity index (χ2n) is 8.00. The predicted molar refractivity (Wildman–Crippen MR) is 138 cm³/mol. The summed E-state index contributed by atoms with van der Waals surface area (Å²) in [6, 6.07) is 8.78. The number of rotatable bonds is 11. The van der Waals surface area contributed by atoms with Gasteiger partial charge in [-0.15, -0.1) is 0 Å². The molecule has 2 aromatic heterocycles. The number of nitrogens with zero attached hydrogens (tertiary/aromatic N) is 4. The van der Waals surface area contributed by atoms with E-state index in [0.717, 1.165) is 6.42 Å². The molecule has 0 aliphatic carbocycles. The molecule has 4 rings (SSSR count). The summed E-state index contributed by atoms with van der Waals surface area (Å²) in [4.78, 5) is 23.0. The molecular weight excluding hydrogens is 561 g/mol. The molecule has 0 atom stereocenters. The third kappa shape index (κ3) is 8.09. The van der Waals surface area contributed by atoms with Crippen molar-refractivity contribution in [3.8, 4) is 0 Å². The molecule has 0 unspecified atom stereocenters. The van der Waals surface area contributed by atoms with Crippen LogP contribution in [0.25, 0.3) is 0 Å². The predicted octanol–water partition coefficient (Wildman–Crippen LogP) is 4.82. The van der Waals surface area contributed by atoms with Gasteiger partial charge in [-0.3, -0.25) is 9.05 Å². The summed E-state index contributed by atoms with van der Waals surface area (Å²) in [5, 5.41) is 7.81. The highest BCUT2D eigenvalue weighted by molar-refractivity contribution is 6.31. The highest BCUT2D eigenvalue weighted by Crippen LogP contribution is 2.22. The molecule has 2 heterocycles. The van der Waals surface area contributed by atoms with Crippen LogP contribution < -0.4 is 11.5 Å². The minimum Gasteiger partial charge on any atom is -0.361 e. The van der Waals surface area contributed by atoms with E-state index in [0.29, 0.717) is 13.2 Å². The van der Waals surface area contributed by atoms with Crippen molar-refractivity contribution in [3.05, 3.63) is 102 Å². The molecule has 0 radical (unpaired) electrons. The van der Waals surface area contributed by atoms with Gasteiger partial charge in [0.05, 0.1) is 0 Å². The summed E-state index contributed by atoms with van der Waals surface area (Å²) in [5.74, 6) is -1.64. The monoisotopic (exact) mass is 586 g/mol. The quantitative estimate of drug-likeness (QED) is 0.230. The Bertz CT molecular complexity index is 1440. The standard InChI is InChI=1S/C13H14ClFN2O3.C12H12ClFN2O3/c1-2-6-19-8-17-12(16-20-13(17)18)7-9-10(14)4-3-5-11(9)15;1-2-18-7-16-11(15-19-12(16)17)6-8-9(13)4-3-5-10(8)14/h3-5H,2,6-8H2,1H3;3-5H,2,6-7H2,1H3. The van der Waals surface area contributed by atoms with E-state index >= 15 is 0 Å². The van der Waals surface area contributed by atoms with Crippen LogP contribution in [0.4, 0.5) is 8.78 Å². The second-order valence-corrected chi connectivity index (χ2v) is 8.81. The summed E-state index contributed by atoms with van der Waals surface area (Å²) >= 11 is 11.9. The van der Waals surface area contributed by atoms with Gasteiger partial charge in [0, 0.05) is 47.2 Å². The molecule has 2 aromatic carbocycles. The largest absolute Gasteiger partial charge is 0.443 e. The highest BCUT2D eigenvalue weighted by Gasteiger charge is 2.17. The summed E-state index contributed by atoms with van der Waals surface area (Å²) in [6.07, 6.45) is 0.950. The summed E-state index contributed by atoms with van der Waals surface area (Å²) in [5.41, 5.74) is 0.537. The summed E-state index contributed by atoms with van der Waals surface area (Å²) < 4.78 is 49.4. The number of halogens is 4. The Morgan fingerprint density at radius 2 is 1.26 bits per heavy atom. The van der Waals surface area contributed by atoms with Crippen molar-refractivity contribution in [2.75, 3.05) is 13.2 Å². The number of aromatic nitrogens is 4. The Morgan fingerprint density at radius 3 is 1.67 bits per heavy atom. The van der Waals surface area contributed by atoms with Gasteiger partial charge >= 0.3 is 11.5 Å². The van der Waals surface area contributed by atoms with Crippen molar-refractivity contribution >= 4 is 23.2 Å². The van der Waals surface area contributed by atoms with Crippen LogP contribution in [-0.4, -0.2) is 32.7 Å². The Labute approximate surface area is 231 Å². The normalized spacial score (nSPS) is 10.9. The lowest BCUT2D eigenvalue weighted by molar-refractivity contribution is 0.0715. The first-order valence-corrected chi connectivity index (χ1v) is 12.6. The van der Waals surface area contributed by atoms with E-state index in [-0.39, 0.29) is 59.1 Å². The van der Waals surface area contributed by atoms with Gasteiger partial charge in [0.15, 0.2) is 11.6 Å². The third-order valence-electron chi connectivity index (χ3n) is 5.31. The Morgan fingerprint density at radius 1 is 0.795 bits per heavy atom. The average molecular weight is 587 g/mol. The van der Waals surface area contributed by atoms with Crippen molar-refractivity contribution in [1.82, 2.24) is 19.4 Å². The molecule has 0 amide bonds. The summed E-state index contributed by atoms with van der Waals surface area (Å²) in [7, 11) is 0. The molecule has 0 fully saturated rings. The minimum atomic E-state index is -0.643. The number of hydrogen-bond donors (Lipinski definition) is 0. The van der Waals surface area contributed by atoms with Gasteiger partial charge < -0.3 is 9.47 Å². The van der Waals surface area contributed by atoms with Crippen LogP contribution in [0.3, 0.4) is 0 Å². The van der Waals surface area contributed by atoms with Gasteiger partial charge in [-0.2, -0.15) is 0 Å². The van der Waals surface area contributed by atoms with Gasteiger partial charge in [0.1, 0.15) is 25.1 Å². The Hall–Kier alpha value is -3.32. The Kier molecular flexibility index (Phi) is 11.4. The fraction of sp³-hybridized carbons (Fsp3) is 0.360. The molecule has 0 bridgehead atoms. The van der Waals surface area contributed by atoms with Crippen LogP contribution in [0.1, 0.15) is 43.0 Å². The van der Waals surface area contributed by atoms with Gasteiger partial charge in [0.25, 0.3) is 0 Å². The number of ether oxygens (including phenoxy) is 2. The van der Waals surface area contributed by atoms with Crippen molar-refractivity contribution < 1.29 is 27.3 Å². The molecule has 39 heavy (non-hydrogen) atoms. The topological polar surface area (TPSA) is 115 Å². The van der Waals surface area contributed by atoms with Crippen molar-refractivity contribution in [2.45, 2.75) is 46.6 Å². The van der Waals surface area contributed by atoms with Crippen LogP contribution in [0.2, 0.25) is 10.0 Å². The minimum absolute atomic E-state index is 0.0141. The number of benzene rings is 2. The average Bonchev–Trinajstić information content (AvgIpc) is 3.44. The molecule has 0 aliphatic heterocycles. The van der Waals surface area contributed by atoms with Crippen LogP contribution in [0.15, 0.2) is 55.0 Å². The van der Waals surface area contributed by atoms with Crippen molar-refractivity contribution in [1.29, 1.82) is 0 Å². The van der Waals surface area contributed by atoms with Crippen LogP contribution in [-0.2, 0) is 35.8 Å². The van der Waals surface area contributed by atoms with Crippen molar-refractivity contribution in [3.63, 3.8) is 0 Å². The molecule has 4 aromatic rings. The maximum atomic E-state index is 13.7. The zero-order valence-corrected chi connectivity index (χ0v) is 22.7. The first-order valence-electron chi connectivity index (χ1n) is 11.9. The molecule has 0 N–H and O–H groups in total. The lowest BCUT2D eigenvalue weighted by Gasteiger charge is -2.07. The molecular formula is C25H26Cl2F2N4O6. The molecule has 14 heteroatoms. The highest BCUT2D eigenvalue weighted by atomic mass is 35.5. The molecule has 0 saturated carbocycles. The molecule has 210 valence electrons. The van der Waals surface area contributed by atoms with Crippen LogP contribution in [0, 0.1) is 11.6 Å². The fourth-order valence-electron chi connectivity index (χ4n) is 3.30. The van der Waals surface area contributed by atoms with Crippen molar-refractivity contribution in [2.24, 2.45) is 0 Å². The smallest absolute Gasteiger partial charge is 0.361 e. The van der Waals surface area contributed by atoms with Gasteiger partial charge in [0.2, 0.25) is 0 Å². The Balaban J connectivity index is 0.000000216. The molecule has 0 saturated heterocycles. The second kappa shape index (κ2) is 14.7. The molecule has 0 spiro atoms. The van der Waals surface area contributed by atoms with E-state index in [2.05, 4.69) is 19.4 Å². The van der Waals surface area contributed by atoms with Gasteiger partial charge in [-0.05, 0) is 37.6 Å². The van der Waals surface area contributed by atoms with E-state index in [1.165, 1.54) is 33.4 Å². The SMILES string of the molecule is CCCOCn1c(Cc2c(F)cccc2Cl)noc1=O.CCOCn1c(Cc2c(F)cccc2Cl)noc1=O. The van der Waals surface area contributed by atoms with E-state index in [9.17, 15) is 18.4 Å². The zero-order valence-electron chi connectivity index (χ0n) is 21.2. The zero-order chi connectivity index (χ0) is 28.4. The summed E-state index contributed by atoms with van der Waals surface area (Å²) in [6.45, 7) is 4.75. The van der Waals surface area contributed by atoms with E-state index in [1.807, 2.05) is 6.92 Å². The van der Waals surface area contributed by atoms with Crippen LogP contribution >= 0.6 is 23.2 Å². The molecule has 0 aliphatic rings. The lowest BCUT2D eigenvalue weighted by atomic mass is 10.1. The van der Waals surface area contributed by atoms with E-state index in [4.69, 9.17) is 32.7 Å². The van der Waals surface area contributed by atoms with E-state index in [1.54, 1.807) is 19.1 Å². The third-order valence-corrected chi connectivity index (χ3v) is 6.02. The maximum Gasteiger partial charge on any atom is 0.443 e. The molecule has 10 nitrogen and oxygen atoms in total. The first-order chi connectivity index (χ1) is 18.8.